The van der Waals surface area contributed by atoms with Crippen LogP contribution in [0.5, 0.6) is 0 Å². The molecule has 1 heteroatoms. The van der Waals surface area contributed by atoms with E-state index in [4.69, 9.17) is 0 Å². The van der Waals surface area contributed by atoms with Crippen molar-refractivity contribution in [1.82, 2.24) is 0 Å². The fourth-order valence-electron chi connectivity index (χ4n) is 1.27. The third-order valence-corrected chi connectivity index (χ3v) is 2.96. The molecule has 0 fully saturated rings. The maximum Gasteiger partial charge on any atom is 0.0686 e. The molecule has 0 radical (unpaired) electrons. The van der Waals surface area contributed by atoms with Crippen LogP contribution in [0.1, 0.15) is 33.1 Å². The number of unbranched alkanes of at least 4 members (excludes halogenated alkanes) is 1. The second kappa shape index (κ2) is 4.76. The molecule has 0 bridgehead atoms. The van der Waals surface area contributed by atoms with Gasteiger partial charge in [-0.3, -0.25) is 0 Å². The second-order valence-corrected chi connectivity index (χ2v) is 9.48. The van der Waals surface area contributed by atoms with Gasteiger partial charge in [-0.2, -0.15) is 0 Å². The van der Waals surface area contributed by atoms with Crippen LogP contribution in [-0.4, -0.2) is 8.07 Å². The Balaban J connectivity index is 3.81. The molecule has 0 atom stereocenters. The standard InChI is InChI=1S/C10H22Si/c1-6-7-8-10(2)9-11(3,4)5/h9H,6-8H2,1-5H3/b10-9+. The molecule has 0 N–H and O–H groups in total. The van der Waals surface area contributed by atoms with Crippen LogP contribution in [0.3, 0.4) is 0 Å². The Kier molecular flexibility index (Phi) is 4.74. The molecule has 0 aliphatic heterocycles. The minimum Gasteiger partial charge on any atom is -0.0961 e. The van der Waals surface area contributed by atoms with E-state index < -0.39 is 8.07 Å². The SMILES string of the molecule is CCCC/C(C)=C/[Si](C)(C)C. The van der Waals surface area contributed by atoms with Gasteiger partial charge >= 0.3 is 0 Å². The minimum absolute atomic E-state index is 0.932. The summed E-state index contributed by atoms with van der Waals surface area (Å²) in [5.74, 6) is 0. The van der Waals surface area contributed by atoms with Gasteiger partial charge < -0.3 is 0 Å². The van der Waals surface area contributed by atoms with Crippen molar-refractivity contribution in [3.63, 3.8) is 0 Å². The summed E-state index contributed by atoms with van der Waals surface area (Å²) >= 11 is 0. The molecule has 0 nitrogen and oxygen atoms in total. The van der Waals surface area contributed by atoms with Crippen molar-refractivity contribution in [3.8, 4) is 0 Å². The van der Waals surface area contributed by atoms with Crippen LogP contribution in [0, 0.1) is 0 Å². The zero-order valence-electron chi connectivity index (χ0n) is 8.70. The predicted octanol–water partition coefficient (Wildman–Crippen LogP) is 4.00. The van der Waals surface area contributed by atoms with E-state index in [9.17, 15) is 0 Å². The highest BCUT2D eigenvalue weighted by Gasteiger charge is 2.08. The molecule has 0 saturated carbocycles. The average Bonchev–Trinajstić information content (AvgIpc) is 1.79. The average molecular weight is 170 g/mol. The third-order valence-electron chi connectivity index (χ3n) is 1.60. The lowest BCUT2D eigenvalue weighted by Gasteiger charge is -2.11. The largest absolute Gasteiger partial charge is 0.0961 e. The number of hydrogen-bond donors (Lipinski definition) is 0. The number of allylic oxidation sites excluding steroid dienone is 1. The summed E-state index contributed by atoms with van der Waals surface area (Å²) < 4.78 is 0. The van der Waals surface area contributed by atoms with Gasteiger partial charge in [0.15, 0.2) is 0 Å². The molecule has 0 spiro atoms. The lowest BCUT2D eigenvalue weighted by atomic mass is 10.2. The van der Waals surface area contributed by atoms with E-state index in [-0.39, 0.29) is 0 Å². The molecule has 0 heterocycles. The van der Waals surface area contributed by atoms with Crippen molar-refractivity contribution < 1.29 is 0 Å². The monoisotopic (exact) mass is 170 g/mol. The van der Waals surface area contributed by atoms with E-state index in [1.807, 2.05) is 0 Å². The summed E-state index contributed by atoms with van der Waals surface area (Å²) in [7, 11) is -0.932. The molecule has 0 aromatic rings. The topological polar surface area (TPSA) is 0 Å². The molecule has 0 amide bonds. The summed E-state index contributed by atoms with van der Waals surface area (Å²) in [5.41, 5.74) is 4.12. The Morgan fingerprint density at radius 2 is 1.82 bits per heavy atom. The molecule has 0 aliphatic rings. The van der Waals surface area contributed by atoms with Gasteiger partial charge in [0.2, 0.25) is 0 Å². The number of hydrogen-bond acceptors (Lipinski definition) is 0. The summed E-state index contributed by atoms with van der Waals surface area (Å²) in [6.45, 7) is 11.7. The van der Waals surface area contributed by atoms with Gasteiger partial charge in [-0.15, -0.1) is 0 Å². The van der Waals surface area contributed by atoms with E-state index in [0.29, 0.717) is 0 Å². The maximum absolute atomic E-state index is 2.52. The molecular weight excluding hydrogens is 148 g/mol. The van der Waals surface area contributed by atoms with Gasteiger partial charge in [0.1, 0.15) is 0 Å². The molecular formula is C10H22Si. The molecule has 66 valence electrons. The normalized spacial score (nSPS) is 13.7. The fraction of sp³-hybridized carbons (Fsp3) is 0.800. The van der Waals surface area contributed by atoms with Crippen molar-refractivity contribution in [1.29, 1.82) is 0 Å². The van der Waals surface area contributed by atoms with Crippen molar-refractivity contribution in [3.05, 3.63) is 11.3 Å². The highest BCUT2D eigenvalue weighted by molar-refractivity contribution is 6.81. The molecule has 0 aromatic carbocycles. The van der Waals surface area contributed by atoms with E-state index in [2.05, 4.69) is 39.2 Å². The Labute approximate surface area is 72.7 Å². The van der Waals surface area contributed by atoms with Gasteiger partial charge in [0.05, 0.1) is 8.07 Å². The zero-order valence-corrected chi connectivity index (χ0v) is 9.70. The van der Waals surface area contributed by atoms with Crippen LogP contribution in [0.4, 0.5) is 0 Å². The molecule has 0 aromatic heterocycles. The third kappa shape index (κ3) is 7.86. The van der Waals surface area contributed by atoms with Crippen LogP contribution >= 0.6 is 0 Å². The lowest BCUT2D eigenvalue weighted by Crippen LogP contribution is -2.16. The quantitative estimate of drug-likeness (QED) is 0.559. The van der Waals surface area contributed by atoms with E-state index in [1.54, 1.807) is 5.57 Å². The molecule has 11 heavy (non-hydrogen) atoms. The fourth-order valence-corrected chi connectivity index (χ4v) is 2.89. The second-order valence-electron chi connectivity index (χ2n) is 4.46. The van der Waals surface area contributed by atoms with Gasteiger partial charge in [0.25, 0.3) is 0 Å². The van der Waals surface area contributed by atoms with Crippen LogP contribution in [-0.2, 0) is 0 Å². The van der Waals surface area contributed by atoms with Crippen molar-refractivity contribution >= 4 is 8.07 Å². The summed E-state index contributed by atoms with van der Waals surface area (Å²) in [6.07, 6.45) is 3.98. The first kappa shape index (κ1) is 11.0. The molecule has 0 aliphatic carbocycles. The van der Waals surface area contributed by atoms with Gasteiger partial charge in [-0.05, 0) is 19.8 Å². The van der Waals surface area contributed by atoms with Gasteiger partial charge in [-0.25, -0.2) is 0 Å². The zero-order chi connectivity index (χ0) is 8.91. The molecule has 0 unspecified atom stereocenters. The summed E-state index contributed by atoms with van der Waals surface area (Å²) in [4.78, 5) is 0. The Bertz CT molecular complexity index is 128. The Morgan fingerprint density at radius 3 is 2.18 bits per heavy atom. The van der Waals surface area contributed by atoms with Gasteiger partial charge in [-0.1, -0.05) is 44.3 Å². The van der Waals surface area contributed by atoms with Crippen molar-refractivity contribution in [2.24, 2.45) is 0 Å². The smallest absolute Gasteiger partial charge is 0.0686 e. The highest BCUT2D eigenvalue weighted by Crippen LogP contribution is 2.11. The van der Waals surface area contributed by atoms with Crippen molar-refractivity contribution in [2.75, 3.05) is 0 Å². The first-order valence-corrected chi connectivity index (χ1v) is 8.22. The predicted molar refractivity (Wildman–Crippen MR) is 56.6 cm³/mol. The maximum atomic E-state index is 2.52. The first-order valence-electron chi connectivity index (χ1n) is 4.64. The summed E-state index contributed by atoms with van der Waals surface area (Å²) in [6, 6.07) is 0. The van der Waals surface area contributed by atoms with Crippen LogP contribution in [0.25, 0.3) is 0 Å². The highest BCUT2D eigenvalue weighted by atomic mass is 28.3. The Morgan fingerprint density at radius 1 is 1.27 bits per heavy atom. The van der Waals surface area contributed by atoms with Gasteiger partial charge in [0, 0.05) is 0 Å². The summed E-state index contributed by atoms with van der Waals surface area (Å²) in [5, 5.41) is 0. The molecule has 0 saturated heterocycles. The van der Waals surface area contributed by atoms with Crippen molar-refractivity contribution in [2.45, 2.75) is 52.8 Å². The first-order chi connectivity index (χ1) is 4.95. The van der Waals surface area contributed by atoms with Crippen LogP contribution in [0.15, 0.2) is 11.3 Å². The molecule has 0 rings (SSSR count). The lowest BCUT2D eigenvalue weighted by molar-refractivity contribution is 0.788. The van der Waals surface area contributed by atoms with Crippen LogP contribution < -0.4 is 0 Å². The van der Waals surface area contributed by atoms with E-state index >= 15 is 0 Å². The van der Waals surface area contributed by atoms with Crippen LogP contribution in [0.2, 0.25) is 19.6 Å². The Hall–Kier alpha value is -0.0431. The minimum atomic E-state index is -0.932. The van der Waals surface area contributed by atoms with E-state index in [1.165, 1.54) is 19.3 Å². The van der Waals surface area contributed by atoms with E-state index in [0.717, 1.165) is 0 Å². The number of rotatable bonds is 4.